The molecule has 0 saturated carbocycles. The van der Waals surface area contributed by atoms with Crippen LogP contribution in [0.5, 0.6) is 5.75 Å². The lowest BCUT2D eigenvalue weighted by atomic mass is 10.1. The monoisotopic (exact) mass is 273 g/mol. The van der Waals surface area contributed by atoms with E-state index in [0.717, 1.165) is 18.2 Å². The van der Waals surface area contributed by atoms with Crippen LogP contribution >= 0.6 is 0 Å². The van der Waals surface area contributed by atoms with E-state index in [9.17, 15) is 18.5 Å². The smallest absolute Gasteiger partial charge is 0.255 e. The number of hydrogen-bond acceptors (Lipinski definition) is 3. The Balaban J connectivity index is 2.64. The molecule has 1 rings (SSSR count). The van der Waals surface area contributed by atoms with Crippen molar-refractivity contribution in [2.24, 2.45) is 0 Å². The molecule has 18 heavy (non-hydrogen) atoms. The van der Waals surface area contributed by atoms with E-state index >= 15 is 0 Å². The van der Waals surface area contributed by atoms with Gasteiger partial charge in [0.1, 0.15) is 11.6 Å². The van der Waals surface area contributed by atoms with Crippen LogP contribution in [0.2, 0.25) is 0 Å². The highest BCUT2D eigenvalue weighted by atomic mass is 32.2. The predicted octanol–water partition coefficient (Wildman–Crippen LogP) is 1.42. The Morgan fingerprint density at radius 3 is 2.83 bits per heavy atom. The number of hydrogen-bond donors (Lipinski definition) is 2. The molecule has 2 atom stereocenters. The van der Waals surface area contributed by atoms with Gasteiger partial charge >= 0.3 is 0 Å². The number of nitrogens with one attached hydrogen (secondary N) is 1. The van der Waals surface area contributed by atoms with Gasteiger partial charge in [0.15, 0.2) is 0 Å². The van der Waals surface area contributed by atoms with Crippen LogP contribution < -0.4 is 5.32 Å². The number of phenols is 1. The third-order valence-electron chi connectivity index (χ3n) is 2.42. The SMILES string of the molecule is CC(CCS(C)=O)NC(=O)c1cc(F)ccc1O. The Hall–Kier alpha value is -1.43. The molecule has 0 aromatic heterocycles. The molecular formula is C12H16FNO3S. The Morgan fingerprint density at radius 2 is 2.22 bits per heavy atom. The van der Waals surface area contributed by atoms with Crippen LogP contribution in [0.3, 0.4) is 0 Å². The molecule has 4 nitrogen and oxygen atoms in total. The molecule has 0 fully saturated rings. The standard InChI is InChI=1S/C12H16FNO3S/c1-8(5-6-18(2)17)14-12(16)10-7-9(13)3-4-11(10)15/h3-4,7-8,15H,5-6H2,1-2H3,(H,14,16). The summed E-state index contributed by atoms with van der Waals surface area (Å²) in [5, 5.41) is 12.1. The fraction of sp³-hybridized carbons (Fsp3) is 0.417. The van der Waals surface area contributed by atoms with Crippen molar-refractivity contribution in [2.75, 3.05) is 12.0 Å². The van der Waals surface area contributed by atoms with E-state index in [1.54, 1.807) is 13.2 Å². The number of amides is 1. The van der Waals surface area contributed by atoms with Gasteiger partial charge in [0.05, 0.1) is 5.56 Å². The van der Waals surface area contributed by atoms with Crippen molar-refractivity contribution in [3.05, 3.63) is 29.6 Å². The molecule has 2 N–H and O–H groups in total. The molecule has 0 spiro atoms. The van der Waals surface area contributed by atoms with Crippen LogP contribution in [0.1, 0.15) is 23.7 Å². The molecule has 100 valence electrons. The molecule has 0 aliphatic heterocycles. The third-order valence-corrected chi connectivity index (χ3v) is 3.23. The number of halogens is 1. The maximum Gasteiger partial charge on any atom is 0.255 e. The molecule has 2 unspecified atom stereocenters. The first-order valence-electron chi connectivity index (χ1n) is 5.49. The Bertz CT molecular complexity index is 465. The minimum atomic E-state index is -0.914. The second-order valence-corrected chi connectivity index (χ2v) is 5.66. The first-order valence-corrected chi connectivity index (χ1v) is 7.22. The molecular weight excluding hydrogens is 257 g/mol. The molecule has 0 radical (unpaired) electrons. The lowest BCUT2D eigenvalue weighted by molar-refractivity contribution is 0.0936. The van der Waals surface area contributed by atoms with Crippen molar-refractivity contribution < 1.29 is 18.5 Å². The van der Waals surface area contributed by atoms with Crippen molar-refractivity contribution in [1.82, 2.24) is 5.32 Å². The molecule has 0 heterocycles. The summed E-state index contributed by atoms with van der Waals surface area (Å²) >= 11 is 0. The normalized spacial score (nSPS) is 13.9. The van der Waals surface area contributed by atoms with Gasteiger partial charge in [-0.05, 0) is 31.5 Å². The molecule has 0 aliphatic carbocycles. The van der Waals surface area contributed by atoms with Crippen molar-refractivity contribution in [3.63, 3.8) is 0 Å². The second kappa shape index (κ2) is 6.49. The molecule has 0 bridgehead atoms. The van der Waals surface area contributed by atoms with Gasteiger partial charge in [0.25, 0.3) is 5.91 Å². The van der Waals surface area contributed by atoms with Gasteiger partial charge in [-0.15, -0.1) is 0 Å². The summed E-state index contributed by atoms with van der Waals surface area (Å²) < 4.78 is 23.9. The van der Waals surface area contributed by atoms with Gasteiger partial charge in [0, 0.05) is 28.9 Å². The van der Waals surface area contributed by atoms with Gasteiger partial charge in [-0.2, -0.15) is 0 Å². The molecule has 1 amide bonds. The molecule has 0 aliphatic rings. The van der Waals surface area contributed by atoms with Crippen molar-refractivity contribution >= 4 is 16.7 Å². The summed E-state index contributed by atoms with van der Waals surface area (Å²) in [6.45, 7) is 1.76. The van der Waals surface area contributed by atoms with E-state index in [1.165, 1.54) is 0 Å². The van der Waals surface area contributed by atoms with Crippen LogP contribution in [0.4, 0.5) is 4.39 Å². The number of benzene rings is 1. The summed E-state index contributed by atoms with van der Waals surface area (Å²) in [5.74, 6) is -0.904. The van der Waals surface area contributed by atoms with E-state index in [2.05, 4.69) is 5.32 Å². The molecule has 6 heteroatoms. The van der Waals surface area contributed by atoms with Crippen LogP contribution in [0.25, 0.3) is 0 Å². The van der Waals surface area contributed by atoms with Gasteiger partial charge in [-0.25, -0.2) is 4.39 Å². The van der Waals surface area contributed by atoms with Crippen LogP contribution in [0.15, 0.2) is 18.2 Å². The van der Waals surface area contributed by atoms with Gasteiger partial charge in [0.2, 0.25) is 0 Å². The number of carbonyl (C=O) groups excluding carboxylic acids is 1. The van der Waals surface area contributed by atoms with Crippen LogP contribution in [-0.4, -0.2) is 33.3 Å². The zero-order valence-electron chi connectivity index (χ0n) is 10.3. The van der Waals surface area contributed by atoms with E-state index < -0.39 is 22.5 Å². The summed E-state index contributed by atoms with van der Waals surface area (Å²) in [6.07, 6.45) is 2.15. The maximum absolute atomic E-state index is 13.0. The van der Waals surface area contributed by atoms with E-state index in [1.807, 2.05) is 0 Å². The quantitative estimate of drug-likeness (QED) is 0.852. The average Bonchev–Trinajstić information content (AvgIpc) is 2.29. The minimum absolute atomic E-state index is 0.0977. The second-order valence-electron chi connectivity index (χ2n) is 4.10. The van der Waals surface area contributed by atoms with Gasteiger partial charge in [-0.3, -0.25) is 9.00 Å². The number of rotatable bonds is 5. The lowest BCUT2D eigenvalue weighted by Crippen LogP contribution is -2.33. The number of carbonyl (C=O) groups is 1. The fourth-order valence-electron chi connectivity index (χ4n) is 1.41. The topological polar surface area (TPSA) is 66.4 Å². The summed E-state index contributed by atoms with van der Waals surface area (Å²) in [6, 6.07) is 3.00. The highest BCUT2D eigenvalue weighted by molar-refractivity contribution is 7.84. The fourth-order valence-corrected chi connectivity index (χ4v) is 2.09. The minimum Gasteiger partial charge on any atom is -0.507 e. The Kier molecular flexibility index (Phi) is 5.27. The summed E-state index contributed by atoms with van der Waals surface area (Å²) in [7, 11) is -0.914. The average molecular weight is 273 g/mol. The zero-order chi connectivity index (χ0) is 13.7. The molecule has 0 saturated heterocycles. The first kappa shape index (κ1) is 14.6. The van der Waals surface area contributed by atoms with Gasteiger partial charge < -0.3 is 10.4 Å². The number of aromatic hydroxyl groups is 1. The van der Waals surface area contributed by atoms with Gasteiger partial charge in [-0.1, -0.05) is 0 Å². The molecule has 1 aromatic carbocycles. The summed E-state index contributed by atoms with van der Waals surface area (Å²) in [5.41, 5.74) is -0.0977. The van der Waals surface area contributed by atoms with E-state index in [-0.39, 0.29) is 17.4 Å². The zero-order valence-corrected chi connectivity index (χ0v) is 11.1. The first-order chi connectivity index (χ1) is 8.40. The van der Waals surface area contributed by atoms with Crippen molar-refractivity contribution in [1.29, 1.82) is 0 Å². The highest BCUT2D eigenvalue weighted by Crippen LogP contribution is 2.17. The summed E-state index contributed by atoms with van der Waals surface area (Å²) in [4.78, 5) is 11.8. The highest BCUT2D eigenvalue weighted by Gasteiger charge is 2.14. The van der Waals surface area contributed by atoms with E-state index in [0.29, 0.717) is 12.2 Å². The molecule has 1 aromatic rings. The van der Waals surface area contributed by atoms with Crippen LogP contribution in [0, 0.1) is 5.82 Å². The van der Waals surface area contributed by atoms with E-state index in [4.69, 9.17) is 0 Å². The van der Waals surface area contributed by atoms with Crippen LogP contribution in [-0.2, 0) is 10.8 Å². The van der Waals surface area contributed by atoms with Crippen molar-refractivity contribution in [2.45, 2.75) is 19.4 Å². The number of phenolic OH excluding ortho intramolecular Hbond substituents is 1. The Labute approximate surface area is 108 Å². The predicted molar refractivity (Wildman–Crippen MR) is 68.5 cm³/mol. The Morgan fingerprint density at radius 1 is 1.56 bits per heavy atom. The van der Waals surface area contributed by atoms with Crippen molar-refractivity contribution in [3.8, 4) is 5.75 Å². The third kappa shape index (κ3) is 4.44. The largest absolute Gasteiger partial charge is 0.507 e. The lowest BCUT2D eigenvalue weighted by Gasteiger charge is -2.13. The maximum atomic E-state index is 13.0.